The monoisotopic (exact) mass is 391 g/mol. The van der Waals surface area contributed by atoms with Gasteiger partial charge in [0.25, 0.3) is 0 Å². The van der Waals surface area contributed by atoms with Crippen LogP contribution in [0, 0.1) is 0 Å². The van der Waals surface area contributed by atoms with E-state index in [2.05, 4.69) is 25.4 Å². The fraction of sp³-hybridized carbons (Fsp3) is 0.455. The van der Waals surface area contributed by atoms with E-state index in [-0.39, 0.29) is 17.2 Å². The number of halogens is 4. The summed E-state index contributed by atoms with van der Waals surface area (Å²) in [5, 5.41) is 0. The summed E-state index contributed by atoms with van der Waals surface area (Å²) in [7, 11) is -2.59. The minimum absolute atomic E-state index is 0.116. The van der Waals surface area contributed by atoms with E-state index in [1.54, 1.807) is 6.07 Å². The molecule has 1 rings (SSSR count). The molecule has 0 bridgehead atoms. The second-order valence-corrected chi connectivity index (χ2v) is 6.51. The normalized spacial score (nSPS) is 12.4. The molecule has 1 aromatic carbocycles. The zero-order chi connectivity index (χ0) is 16.1. The van der Waals surface area contributed by atoms with Crippen LogP contribution in [0.2, 0.25) is 0 Å². The van der Waals surface area contributed by atoms with Crippen molar-refractivity contribution >= 4 is 26.0 Å². The van der Waals surface area contributed by atoms with E-state index >= 15 is 0 Å². The largest absolute Gasteiger partial charge is 0.495 e. The molecule has 0 fully saturated rings. The number of hydrogen-bond donors (Lipinski definition) is 1. The Kier molecular flexibility index (Phi) is 6.44. The Morgan fingerprint density at radius 3 is 2.57 bits per heavy atom. The number of hydrogen-bond acceptors (Lipinski definition) is 4. The van der Waals surface area contributed by atoms with Crippen molar-refractivity contribution < 1.29 is 31.1 Å². The summed E-state index contributed by atoms with van der Waals surface area (Å²) in [5.41, 5.74) is 0. The van der Waals surface area contributed by atoms with Crippen LogP contribution in [0.15, 0.2) is 27.6 Å². The van der Waals surface area contributed by atoms with Gasteiger partial charge in [-0.1, -0.05) is 15.9 Å². The third-order valence-electron chi connectivity index (χ3n) is 2.22. The molecule has 0 unspecified atom stereocenters. The molecule has 0 heterocycles. The van der Waals surface area contributed by atoms with Crippen molar-refractivity contribution in [3.8, 4) is 5.75 Å². The van der Waals surface area contributed by atoms with E-state index in [1.807, 2.05) is 0 Å². The zero-order valence-corrected chi connectivity index (χ0v) is 13.3. The predicted octanol–water partition coefficient (Wildman–Crippen LogP) is 2.31. The standard InChI is InChI=1S/C11H13BrF3NO4S/c1-19-9-3-2-8(12)6-10(9)21(17,18)16-4-5-20-7-11(13,14)15/h2-3,6,16H,4-5,7H2,1H3. The lowest BCUT2D eigenvalue weighted by molar-refractivity contribution is -0.173. The first-order valence-corrected chi connectivity index (χ1v) is 7.91. The van der Waals surface area contributed by atoms with E-state index in [0.29, 0.717) is 4.47 Å². The lowest BCUT2D eigenvalue weighted by atomic mass is 10.3. The molecule has 21 heavy (non-hydrogen) atoms. The number of nitrogens with one attached hydrogen (secondary N) is 1. The highest BCUT2D eigenvalue weighted by Crippen LogP contribution is 2.26. The van der Waals surface area contributed by atoms with Crippen LogP contribution in [0.25, 0.3) is 0 Å². The number of benzene rings is 1. The SMILES string of the molecule is COc1ccc(Br)cc1S(=O)(=O)NCCOCC(F)(F)F. The van der Waals surface area contributed by atoms with Crippen LogP contribution in [-0.2, 0) is 14.8 Å². The molecule has 0 aliphatic carbocycles. The first-order chi connectivity index (χ1) is 9.65. The van der Waals surface area contributed by atoms with Crippen LogP contribution < -0.4 is 9.46 Å². The number of ether oxygens (including phenoxy) is 2. The molecule has 1 N–H and O–H groups in total. The minimum Gasteiger partial charge on any atom is -0.495 e. The Balaban J connectivity index is 2.64. The summed E-state index contributed by atoms with van der Waals surface area (Å²) in [5.74, 6) is 0.127. The zero-order valence-electron chi connectivity index (χ0n) is 10.9. The summed E-state index contributed by atoms with van der Waals surface area (Å²) in [6.45, 7) is -2.10. The van der Waals surface area contributed by atoms with E-state index in [1.165, 1.54) is 19.2 Å². The lowest BCUT2D eigenvalue weighted by Crippen LogP contribution is -2.29. The van der Waals surface area contributed by atoms with Gasteiger partial charge in [0.15, 0.2) is 0 Å². The molecule has 0 aliphatic heterocycles. The van der Waals surface area contributed by atoms with Gasteiger partial charge in [0, 0.05) is 11.0 Å². The predicted molar refractivity (Wildman–Crippen MR) is 72.8 cm³/mol. The van der Waals surface area contributed by atoms with Gasteiger partial charge in [-0.15, -0.1) is 0 Å². The Morgan fingerprint density at radius 2 is 2.00 bits per heavy atom. The molecule has 0 saturated carbocycles. The molecule has 120 valence electrons. The van der Waals surface area contributed by atoms with Crippen LogP contribution in [0.1, 0.15) is 0 Å². The molecule has 1 aromatic rings. The second-order valence-electron chi connectivity index (χ2n) is 3.86. The maximum Gasteiger partial charge on any atom is 0.411 e. The number of methoxy groups -OCH3 is 1. The van der Waals surface area contributed by atoms with Crippen LogP contribution in [0.5, 0.6) is 5.75 Å². The van der Waals surface area contributed by atoms with E-state index in [4.69, 9.17) is 4.74 Å². The van der Waals surface area contributed by atoms with Crippen LogP contribution in [-0.4, -0.2) is 41.5 Å². The van der Waals surface area contributed by atoms with Crippen molar-refractivity contribution in [2.75, 3.05) is 26.9 Å². The van der Waals surface area contributed by atoms with Crippen molar-refractivity contribution in [1.82, 2.24) is 4.72 Å². The Labute approximate surface area is 128 Å². The maximum atomic E-state index is 12.0. The Bertz CT molecular complexity index is 577. The van der Waals surface area contributed by atoms with Crippen molar-refractivity contribution in [1.29, 1.82) is 0 Å². The molecule has 5 nitrogen and oxygen atoms in total. The Hall–Kier alpha value is -0.840. The smallest absolute Gasteiger partial charge is 0.411 e. The van der Waals surface area contributed by atoms with Gasteiger partial charge in [-0.2, -0.15) is 13.2 Å². The molecule has 0 aromatic heterocycles. The van der Waals surface area contributed by atoms with Crippen LogP contribution in [0.4, 0.5) is 13.2 Å². The summed E-state index contributed by atoms with van der Waals surface area (Å²) >= 11 is 3.14. The summed E-state index contributed by atoms with van der Waals surface area (Å²) in [4.78, 5) is -0.116. The van der Waals surface area contributed by atoms with Crippen molar-refractivity contribution in [2.24, 2.45) is 0 Å². The topological polar surface area (TPSA) is 64.6 Å². The van der Waals surface area contributed by atoms with Gasteiger partial charge in [-0.05, 0) is 18.2 Å². The lowest BCUT2D eigenvalue weighted by Gasteiger charge is -2.12. The average molecular weight is 392 g/mol. The van der Waals surface area contributed by atoms with Crippen molar-refractivity contribution in [2.45, 2.75) is 11.1 Å². The minimum atomic E-state index is -4.44. The summed E-state index contributed by atoms with van der Waals surface area (Å²) in [6, 6.07) is 4.39. The third-order valence-corrected chi connectivity index (χ3v) is 4.19. The number of sulfonamides is 1. The fourth-order valence-electron chi connectivity index (χ4n) is 1.37. The maximum absolute atomic E-state index is 12.0. The first kappa shape index (κ1) is 18.2. The number of alkyl halides is 3. The second kappa shape index (κ2) is 7.43. The Morgan fingerprint density at radius 1 is 1.33 bits per heavy atom. The van der Waals surface area contributed by atoms with E-state index in [0.717, 1.165) is 0 Å². The van der Waals surface area contributed by atoms with Gasteiger partial charge >= 0.3 is 6.18 Å². The van der Waals surface area contributed by atoms with Gasteiger partial charge in [0.05, 0.1) is 13.7 Å². The average Bonchev–Trinajstić information content (AvgIpc) is 2.36. The summed E-state index contributed by atoms with van der Waals surface area (Å²) in [6.07, 6.45) is -4.44. The molecule has 0 spiro atoms. The van der Waals surface area contributed by atoms with Gasteiger partial charge in [0.1, 0.15) is 17.3 Å². The molecular weight excluding hydrogens is 379 g/mol. The first-order valence-electron chi connectivity index (χ1n) is 5.63. The van der Waals surface area contributed by atoms with Gasteiger partial charge in [-0.3, -0.25) is 0 Å². The van der Waals surface area contributed by atoms with Crippen molar-refractivity contribution in [3.05, 3.63) is 22.7 Å². The van der Waals surface area contributed by atoms with Gasteiger partial charge in [-0.25, -0.2) is 13.1 Å². The van der Waals surface area contributed by atoms with Gasteiger partial charge < -0.3 is 9.47 Å². The third kappa shape index (κ3) is 6.20. The highest BCUT2D eigenvalue weighted by Gasteiger charge is 2.27. The highest BCUT2D eigenvalue weighted by atomic mass is 79.9. The molecule has 0 aliphatic rings. The highest BCUT2D eigenvalue weighted by molar-refractivity contribution is 9.10. The quantitative estimate of drug-likeness (QED) is 0.724. The van der Waals surface area contributed by atoms with Gasteiger partial charge in [0.2, 0.25) is 10.0 Å². The molecule has 0 amide bonds. The van der Waals surface area contributed by atoms with Crippen LogP contribution in [0.3, 0.4) is 0 Å². The molecule has 0 atom stereocenters. The van der Waals surface area contributed by atoms with E-state index in [9.17, 15) is 21.6 Å². The molecule has 0 radical (unpaired) electrons. The summed E-state index contributed by atoms with van der Waals surface area (Å²) < 4.78 is 71.5. The molecule has 0 saturated heterocycles. The van der Waals surface area contributed by atoms with E-state index < -0.39 is 29.4 Å². The molecular formula is C11H13BrF3NO4S. The van der Waals surface area contributed by atoms with Crippen LogP contribution >= 0.6 is 15.9 Å². The number of rotatable bonds is 7. The van der Waals surface area contributed by atoms with Crippen molar-refractivity contribution in [3.63, 3.8) is 0 Å². The fourth-order valence-corrected chi connectivity index (χ4v) is 3.09. The molecule has 10 heteroatoms.